The Morgan fingerprint density at radius 3 is 1.53 bits per heavy atom. The molecule has 1 saturated heterocycles. The van der Waals surface area contributed by atoms with Crippen molar-refractivity contribution in [2.75, 3.05) is 172 Å². The van der Waals surface area contributed by atoms with Crippen molar-refractivity contribution in [2.45, 2.75) is 147 Å². The quantitative estimate of drug-likeness (QED) is 0.0462. The number of nitrogens with one attached hydrogen (secondary N) is 1. The van der Waals surface area contributed by atoms with Gasteiger partial charge in [0.15, 0.2) is 37.4 Å². The molecule has 1 aliphatic heterocycles. The van der Waals surface area contributed by atoms with Gasteiger partial charge in [-0.1, -0.05) is 58.0 Å². The number of alkyl carbamates (subject to hydrolysis) is 1. The maximum Gasteiger partial charge on any atom is 0.407 e. The maximum absolute atomic E-state index is 18.1. The van der Waals surface area contributed by atoms with Crippen LogP contribution in [0.2, 0.25) is 18.1 Å². The molecule has 3 saturated carbocycles. The zero-order valence-electron chi connectivity index (χ0n) is 60.0. The van der Waals surface area contributed by atoms with Crippen LogP contribution in [0.3, 0.4) is 0 Å². The second kappa shape index (κ2) is 39.4. The molecule has 10 atom stereocenters. The second-order valence-electron chi connectivity index (χ2n) is 28.4. The van der Waals surface area contributed by atoms with Gasteiger partial charge in [-0.25, -0.2) is 13.6 Å². The summed E-state index contributed by atoms with van der Waals surface area (Å²) in [4.78, 5) is 51.9. The molecule has 2 aromatic carbocycles. The number of carbonyl (C=O) groups is 4. The number of alkyl halides is 2. The van der Waals surface area contributed by atoms with E-state index in [2.05, 4.69) is 39.2 Å². The largest absolute Gasteiger partial charge is 0.457 e. The summed E-state index contributed by atoms with van der Waals surface area (Å²) in [5.74, 6) is -1.31. The monoisotopic (exact) mass is 1420 g/mol. The number of allylic oxidation sites excluding steroid dienone is 4. The first-order valence-corrected chi connectivity index (χ1v) is 37.9. The van der Waals surface area contributed by atoms with Crippen molar-refractivity contribution in [3.63, 3.8) is 0 Å². The first-order valence-electron chi connectivity index (χ1n) is 35.0. The van der Waals surface area contributed by atoms with Crippen molar-refractivity contribution in [2.24, 2.45) is 22.7 Å². The van der Waals surface area contributed by atoms with Crippen molar-refractivity contribution >= 4 is 31.8 Å². The molecule has 1 amide bonds. The second-order valence-corrected chi connectivity index (χ2v) is 33.2. The third-order valence-electron chi connectivity index (χ3n) is 19.4. The highest BCUT2D eigenvalue weighted by atomic mass is 28.4. The van der Waals surface area contributed by atoms with E-state index < -0.39 is 84.4 Å². The van der Waals surface area contributed by atoms with Crippen molar-refractivity contribution in [3.8, 4) is 11.5 Å². The van der Waals surface area contributed by atoms with Crippen LogP contribution in [0, 0.1) is 22.7 Å². The SMILES string of the molecule is CC(C)(C)OC(=O)NCCOCCOCCOCCOCCOCCOCCOCCOCCOCCOCCOCCOCCC(=O)Cc1ccc(Oc2ccc([C@@H]3O[C@@H]4C[C@H]5[C@@H]6C[C@H](F)C7=CC(=O)C=C[C@]7(C)[C@@]6(F)[C@@H](O)C[C@]5(C)[C@]4(C(=O)CO[Si](C)(C)C(C)(C)C)O3)cc2)cc1. The molecule has 0 unspecified atom stereocenters. The lowest BCUT2D eigenvalue weighted by Gasteiger charge is -2.63. The number of Topliss-reactive ketones (excluding diaryl/α,β-unsaturated/α-hetero) is 2. The van der Waals surface area contributed by atoms with E-state index in [1.807, 2.05) is 39.8 Å². The van der Waals surface area contributed by atoms with E-state index >= 15 is 13.6 Å². The molecule has 0 radical (unpaired) electrons. The molecule has 558 valence electrons. The highest BCUT2D eigenvalue weighted by molar-refractivity contribution is 6.74. The normalized spacial score (nSPS) is 25.8. The van der Waals surface area contributed by atoms with Gasteiger partial charge in [0.2, 0.25) is 0 Å². The zero-order valence-corrected chi connectivity index (χ0v) is 61.0. The standard InChI is InChI=1S/C73H111F2NO22Si/c1-68(2,3)98-67(81)76-22-24-83-26-28-85-30-32-87-34-36-89-38-40-91-42-44-93-46-45-92-43-41-90-39-37-88-35-33-86-31-29-84-27-25-82-23-20-56(78)47-53-11-15-57(16-12-53)95-58-17-13-54(14-18-58)66-96-65-50-59-60-49-62(74)61-48-55(77)19-21-70(61,7)72(60,75)63(79)51-71(59,8)73(65,97-66)64(80)52-94-99(9,10)69(4,5)6/h11-19,21,48,59-60,62-63,65-66,79H,20,22-47,49-52H2,1-10H3,(H,76,81)/t59-,60-,62-,63-,65+,66+,70-,71-,72-,73+/m0/s1. The predicted molar refractivity (Wildman–Crippen MR) is 364 cm³/mol. The number of aliphatic hydroxyl groups is 1. The minimum absolute atomic E-state index is 0.0336. The Kier molecular flexibility index (Phi) is 32.5. The van der Waals surface area contributed by atoms with Gasteiger partial charge in [0, 0.05) is 41.7 Å². The number of fused-ring (bicyclic) bond motifs is 7. The van der Waals surface area contributed by atoms with Crippen molar-refractivity contribution in [3.05, 3.63) is 83.5 Å². The molecule has 26 heteroatoms. The van der Waals surface area contributed by atoms with Gasteiger partial charge in [0.1, 0.15) is 29.1 Å². The number of ketones is 3. The van der Waals surface area contributed by atoms with Crippen LogP contribution in [0.5, 0.6) is 11.5 Å². The van der Waals surface area contributed by atoms with E-state index in [0.717, 1.165) is 5.56 Å². The van der Waals surface area contributed by atoms with E-state index in [1.54, 1.807) is 43.3 Å². The van der Waals surface area contributed by atoms with Gasteiger partial charge in [-0.15, -0.1) is 0 Å². The van der Waals surface area contributed by atoms with Gasteiger partial charge in [0.25, 0.3) is 0 Å². The fraction of sp³-hybridized carbons (Fsp3) is 0.726. The lowest BCUT2D eigenvalue weighted by Crippen LogP contribution is -2.71. The van der Waals surface area contributed by atoms with Crippen LogP contribution < -0.4 is 10.1 Å². The minimum Gasteiger partial charge on any atom is -0.457 e. The lowest BCUT2D eigenvalue weighted by atomic mass is 9.44. The first-order chi connectivity index (χ1) is 47.2. The summed E-state index contributed by atoms with van der Waals surface area (Å²) in [6.07, 6.45) is -1.50. The molecule has 4 aliphatic carbocycles. The molecule has 2 aromatic rings. The average Bonchev–Trinajstić information content (AvgIpc) is 1.57. The summed E-state index contributed by atoms with van der Waals surface area (Å²) in [6.45, 7) is 29.6. The number of benzene rings is 2. The van der Waals surface area contributed by atoms with E-state index in [9.17, 15) is 19.5 Å². The summed E-state index contributed by atoms with van der Waals surface area (Å²) < 4.78 is 132. The Hall–Kier alpha value is -4.56. The van der Waals surface area contributed by atoms with E-state index in [1.165, 1.54) is 18.2 Å². The minimum atomic E-state index is -2.46. The first kappa shape index (κ1) is 81.7. The van der Waals surface area contributed by atoms with Crippen LogP contribution in [-0.2, 0) is 96.3 Å². The van der Waals surface area contributed by atoms with Crippen LogP contribution in [0.15, 0.2) is 72.3 Å². The summed E-state index contributed by atoms with van der Waals surface area (Å²) in [7, 11) is -2.46. The summed E-state index contributed by atoms with van der Waals surface area (Å²) in [6, 6.07) is 14.4. The number of ether oxygens (including phenoxy) is 16. The number of aliphatic hydroxyl groups excluding tert-OH is 1. The van der Waals surface area contributed by atoms with Crippen molar-refractivity contribution in [1.29, 1.82) is 0 Å². The van der Waals surface area contributed by atoms with Gasteiger partial charge in [0.05, 0.1) is 177 Å². The molecule has 5 aliphatic rings. The van der Waals surface area contributed by atoms with Gasteiger partial charge >= 0.3 is 6.09 Å². The Labute approximate surface area is 584 Å². The van der Waals surface area contributed by atoms with E-state index in [-0.39, 0.29) is 67.5 Å². The van der Waals surface area contributed by atoms with Gasteiger partial charge in [-0.2, -0.15) is 0 Å². The molecular weight excluding hydrogens is 1310 g/mol. The van der Waals surface area contributed by atoms with Crippen molar-refractivity contribution < 1.29 is 113 Å². The molecule has 0 aromatic heterocycles. The number of rotatable bonds is 48. The number of carbonyl (C=O) groups excluding carboxylic acids is 4. The van der Waals surface area contributed by atoms with Gasteiger partial charge < -0.3 is 90.6 Å². The fourth-order valence-corrected chi connectivity index (χ4v) is 14.2. The molecule has 99 heavy (non-hydrogen) atoms. The molecule has 0 spiro atoms. The van der Waals surface area contributed by atoms with Gasteiger partial charge in [-0.05, 0) is 119 Å². The Morgan fingerprint density at radius 2 is 1.07 bits per heavy atom. The molecule has 0 bridgehead atoms. The number of amides is 1. The molecule has 2 N–H and O–H groups in total. The Morgan fingerprint density at radius 1 is 0.626 bits per heavy atom. The smallest absolute Gasteiger partial charge is 0.407 e. The lowest BCUT2D eigenvalue weighted by molar-refractivity contribution is -0.235. The summed E-state index contributed by atoms with van der Waals surface area (Å²) >= 11 is 0. The highest BCUT2D eigenvalue weighted by Crippen LogP contribution is 2.73. The van der Waals surface area contributed by atoms with Crippen LogP contribution in [0.1, 0.15) is 98.5 Å². The molecule has 4 fully saturated rings. The van der Waals surface area contributed by atoms with Gasteiger partial charge in [-0.3, -0.25) is 14.4 Å². The highest BCUT2D eigenvalue weighted by Gasteiger charge is 2.80. The average molecular weight is 1420 g/mol. The zero-order chi connectivity index (χ0) is 71.6. The Balaban J connectivity index is 0.657. The van der Waals surface area contributed by atoms with E-state index in [0.29, 0.717) is 176 Å². The number of hydrogen-bond acceptors (Lipinski definition) is 22. The van der Waals surface area contributed by atoms with Crippen LogP contribution >= 0.6 is 0 Å². The molecular formula is C73H111F2NO22Si. The van der Waals surface area contributed by atoms with E-state index in [4.69, 9.17) is 80.2 Å². The topological polar surface area (TPSA) is 257 Å². The third kappa shape index (κ3) is 23.2. The maximum atomic E-state index is 18.1. The molecule has 23 nitrogen and oxygen atoms in total. The number of halogens is 2. The fourth-order valence-electron chi connectivity index (χ4n) is 13.2. The summed E-state index contributed by atoms with van der Waals surface area (Å²) in [5, 5.41) is 14.6. The third-order valence-corrected chi connectivity index (χ3v) is 23.9. The van der Waals surface area contributed by atoms with Crippen LogP contribution in [-0.4, -0.2) is 244 Å². The molecule has 7 rings (SSSR count). The predicted octanol–water partition coefficient (Wildman–Crippen LogP) is 9.38. The number of hydrogen-bond donors (Lipinski definition) is 2. The molecule has 1 heterocycles. The Bertz CT molecular complexity index is 2860. The van der Waals surface area contributed by atoms with Crippen LogP contribution in [0.25, 0.3) is 0 Å². The van der Waals surface area contributed by atoms with Crippen LogP contribution in [0.4, 0.5) is 13.6 Å². The summed E-state index contributed by atoms with van der Waals surface area (Å²) in [5.41, 5.74) is -5.82. The van der Waals surface area contributed by atoms with Crippen molar-refractivity contribution in [1.82, 2.24) is 5.32 Å².